The van der Waals surface area contributed by atoms with Gasteiger partial charge >= 0.3 is 0 Å². The highest BCUT2D eigenvalue weighted by Crippen LogP contribution is 2.31. The lowest BCUT2D eigenvalue weighted by Crippen LogP contribution is -1.96. The van der Waals surface area contributed by atoms with Crippen LogP contribution in [0, 0.1) is 0 Å². The summed E-state index contributed by atoms with van der Waals surface area (Å²) in [6.07, 6.45) is 8.89. The van der Waals surface area contributed by atoms with Gasteiger partial charge in [-0.15, -0.1) is 0 Å². The largest absolute Gasteiger partial charge is 0.487 e. The van der Waals surface area contributed by atoms with E-state index in [1.807, 2.05) is 54.7 Å². The zero-order chi connectivity index (χ0) is 21.3. The molecule has 0 atom stereocenters. The van der Waals surface area contributed by atoms with E-state index in [0.717, 1.165) is 50.0 Å². The van der Waals surface area contributed by atoms with Gasteiger partial charge in [0, 0.05) is 28.7 Å². The number of benzene rings is 1. The molecule has 7 heteroatoms. The predicted molar refractivity (Wildman–Crippen MR) is 123 cm³/mol. The standard InChI is InChI=1S/C25H18N6O/c1-2-4-16(5-3-1)15-32-19-8-18(11-27-12-19)21-10-20-24(14-28-21)30-31-25(20)22-9-17-6-7-26-13-23(17)29-22/h1-14,29H,15H2,(H,30,31). The van der Waals surface area contributed by atoms with Gasteiger partial charge in [0.2, 0.25) is 0 Å². The van der Waals surface area contributed by atoms with Crippen LogP contribution in [0.5, 0.6) is 5.75 Å². The van der Waals surface area contributed by atoms with Gasteiger partial charge < -0.3 is 9.72 Å². The molecule has 0 aliphatic carbocycles. The predicted octanol–water partition coefficient (Wildman–Crippen LogP) is 5.14. The van der Waals surface area contributed by atoms with Crippen molar-refractivity contribution in [2.24, 2.45) is 0 Å². The van der Waals surface area contributed by atoms with Crippen molar-refractivity contribution in [2.45, 2.75) is 6.61 Å². The van der Waals surface area contributed by atoms with E-state index in [9.17, 15) is 0 Å². The van der Waals surface area contributed by atoms with E-state index in [1.165, 1.54) is 0 Å². The minimum Gasteiger partial charge on any atom is -0.487 e. The molecule has 5 heterocycles. The van der Waals surface area contributed by atoms with E-state index < -0.39 is 0 Å². The van der Waals surface area contributed by atoms with Crippen molar-refractivity contribution in [1.29, 1.82) is 0 Å². The zero-order valence-corrected chi connectivity index (χ0v) is 17.0. The van der Waals surface area contributed by atoms with Gasteiger partial charge in [0.25, 0.3) is 0 Å². The SMILES string of the molecule is c1ccc(COc2cncc(-c3cc4c(-c5cc6ccncc6[nH]5)n[nH]c4cn3)c2)cc1. The van der Waals surface area contributed by atoms with Gasteiger partial charge in [-0.25, -0.2) is 0 Å². The molecular formula is C25H18N6O. The van der Waals surface area contributed by atoms with Gasteiger partial charge in [-0.1, -0.05) is 30.3 Å². The molecule has 1 aromatic carbocycles. The van der Waals surface area contributed by atoms with E-state index in [-0.39, 0.29) is 0 Å². The van der Waals surface area contributed by atoms with E-state index >= 15 is 0 Å². The lowest BCUT2D eigenvalue weighted by molar-refractivity contribution is 0.305. The lowest BCUT2D eigenvalue weighted by Gasteiger charge is -2.08. The molecule has 154 valence electrons. The fraction of sp³-hybridized carbons (Fsp3) is 0.0400. The maximum absolute atomic E-state index is 5.93. The highest BCUT2D eigenvalue weighted by molar-refractivity contribution is 5.96. The fourth-order valence-corrected chi connectivity index (χ4v) is 3.76. The Morgan fingerprint density at radius 1 is 0.844 bits per heavy atom. The summed E-state index contributed by atoms with van der Waals surface area (Å²) in [5, 5.41) is 9.66. The second-order valence-electron chi connectivity index (χ2n) is 7.52. The molecule has 0 bridgehead atoms. The highest BCUT2D eigenvalue weighted by atomic mass is 16.5. The van der Waals surface area contributed by atoms with Crippen LogP contribution in [-0.4, -0.2) is 30.1 Å². The van der Waals surface area contributed by atoms with E-state index in [1.54, 1.807) is 24.8 Å². The van der Waals surface area contributed by atoms with Crippen LogP contribution in [0.3, 0.4) is 0 Å². The number of aromatic amines is 2. The Balaban J connectivity index is 1.34. The molecule has 0 fully saturated rings. The molecule has 0 unspecified atom stereocenters. The number of H-pyrrole nitrogens is 2. The van der Waals surface area contributed by atoms with Crippen molar-refractivity contribution in [1.82, 2.24) is 30.1 Å². The van der Waals surface area contributed by atoms with Crippen molar-refractivity contribution >= 4 is 21.8 Å². The first-order chi connectivity index (χ1) is 15.8. The van der Waals surface area contributed by atoms with Gasteiger partial charge in [-0.3, -0.25) is 20.1 Å². The van der Waals surface area contributed by atoms with Gasteiger partial charge in [0.1, 0.15) is 18.1 Å². The number of fused-ring (bicyclic) bond motifs is 2. The molecule has 0 saturated carbocycles. The second-order valence-corrected chi connectivity index (χ2v) is 7.52. The molecule has 2 N–H and O–H groups in total. The summed E-state index contributed by atoms with van der Waals surface area (Å²) >= 11 is 0. The van der Waals surface area contributed by atoms with Gasteiger partial charge in [-0.2, -0.15) is 5.10 Å². The van der Waals surface area contributed by atoms with E-state index in [2.05, 4.69) is 36.2 Å². The van der Waals surface area contributed by atoms with Gasteiger partial charge in [0.15, 0.2) is 0 Å². The second kappa shape index (κ2) is 7.63. The molecule has 0 spiro atoms. The monoisotopic (exact) mass is 418 g/mol. The average molecular weight is 418 g/mol. The first kappa shape index (κ1) is 18.3. The molecule has 32 heavy (non-hydrogen) atoms. The molecule has 0 radical (unpaired) electrons. The Morgan fingerprint density at radius 3 is 2.69 bits per heavy atom. The topological polar surface area (TPSA) is 92.4 Å². The highest BCUT2D eigenvalue weighted by Gasteiger charge is 2.13. The molecule has 5 aromatic heterocycles. The minimum atomic E-state index is 0.486. The lowest BCUT2D eigenvalue weighted by atomic mass is 10.1. The van der Waals surface area contributed by atoms with Crippen LogP contribution in [-0.2, 0) is 6.61 Å². The Morgan fingerprint density at radius 2 is 1.78 bits per heavy atom. The molecule has 6 rings (SSSR count). The molecule has 0 saturated heterocycles. The van der Waals surface area contributed by atoms with Crippen LogP contribution >= 0.6 is 0 Å². The molecule has 0 aliphatic rings. The van der Waals surface area contributed by atoms with E-state index in [4.69, 9.17) is 4.74 Å². The van der Waals surface area contributed by atoms with Crippen LogP contribution in [0.15, 0.2) is 85.6 Å². The van der Waals surface area contributed by atoms with Crippen molar-refractivity contribution in [3.05, 3.63) is 91.1 Å². The summed E-state index contributed by atoms with van der Waals surface area (Å²) in [6.45, 7) is 0.486. The number of nitrogens with one attached hydrogen (secondary N) is 2. The van der Waals surface area contributed by atoms with Crippen molar-refractivity contribution in [3.63, 3.8) is 0 Å². The maximum Gasteiger partial charge on any atom is 0.138 e. The Labute approximate surface area is 183 Å². The first-order valence-electron chi connectivity index (χ1n) is 10.2. The normalized spacial score (nSPS) is 11.2. The number of hydrogen-bond acceptors (Lipinski definition) is 5. The molecular weight excluding hydrogens is 400 g/mol. The third kappa shape index (κ3) is 3.35. The summed E-state index contributed by atoms with van der Waals surface area (Å²) in [6, 6.07) is 18.1. The summed E-state index contributed by atoms with van der Waals surface area (Å²) in [4.78, 5) is 16.5. The number of hydrogen-bond donors (Lipinski definition) is 2. The molecule has 0 aliphatic heterocycles. The van der Waals surface area contributed by atoms with Crippen LogP contribution in [0.1, 0.15) is 5.56 Å². The first-order valence-corrected chi connectivity index (χ1v) is 10.2. The third-order valence-corrected chi connectivity index (χ3v) is 5.38. The summed E-state index contributed by atoms with van der Waals surface area (Å²) in [5.74, 6) is 0.698. The van der Waals surface area contributed by atoms with Crippen molar-refractivity contribution in [2.75, 3.05) is 0 Å². The number of pyridine rings is 3. The summed E-state index contributed by atoms with van der Waals surface area (Å²) < 4.78 is 5.93. The zero-order valence-electron chi connectivity index (χ0n) is 17.0. The smallest absolute Gasteiger partial charge is 0.138 e. The summed E-state index contributed by atoms with van der Waals surface area (Å²) in [7, 11) is 0. The van der Waals surface area contributed by atoms with Gasteiger partial charge in [-0.05, 0) is 29.8 Å². The Kier molecular flexibility index (Phi) is 4.35. The number of rotatable bonds is 5. The molecule has 6 aromatic rings. The van der Waals surface area contributed by atoms with Gasteiger partial charge in [0.05, 0.1) is 41.0 Å². The van der Waals surface area contributed by atoms with Crippen LogP contribution in [0.4, 0.5) is 0 Å². The minimum absolute atomic E-state index is 0.486. The van der Waals surface area contributed by atoms with Crippen LogP contribution < -0.4 is 4.74 Å². The fourth-order valence-electron chi connectivity index (χ4n) is 3.76. The van der Waals surface area contributed by atoms with Crippen molar-refractivity contribution in [3.8, 4) is 28.4 Å². The van der Waals surface area contributed by atoms with Crippen LogP contribution in [0.2, 0.25) is 0 Å². The molecule has 7 nitrogen and oxygen atoms in total. The maximum atomic E-state index is 5.93. The number of nitrogens with zero attached hydrogens (tertiary/aromatic N) is 4. The Bertz CT molecular complexity index is 1500. The Hall–Kier alpha value is -4.52. The average Bonchev–Trinajstić information content (AvgIpc) is 3.47. The third-order valence-electron chi connectivity index (χ3n) is 5.38. The van der Waals surface area contributed by atoms with E-state index in [0.29, 0.717) is 12.4 Å². The van der Waals surface area contributed by atoms with Crippen LogP contribution in [0.25, 0.3) is 44.5 Å². The quantitative estimate of drug-likeness (QED) is 0.404. The molecule has 0 amide bonds. The summed E-state index contributed by atoms with van der Waals surface area (Å²) in [5.41, 5.74) is 6.39. The number of aromatic nitrogens is 6. The van der Waals surface area contributed by atoms with Crippen molar-refractivity contribution < 1.29 is 4.74 Å². The number of ether oxygens (including phenoxy) is 1.